The number of piperidine rings is 1. The van der Waals surface area contributed by atoms with Gasteiger partial charge in [0.1, 0.15) is 0 Å². The lowest BCUT2D eigenvalue weighted by Crippen LogP contribution is -2.49. The van der Waals surface area contributed by atoms with Crippen molar-refractivity contribution >= 4 is 10.8 Å². The quantitative estimate of drug-likeness (QED) is 0.779. The summed E-state index contributed by atoms with van der Waals surface area (Å²) in [7, 11) is 0. The monoisotopic (exact) mass is 318 g/mol. The topological polar surface area (TPSA) is 63.8 Å². The van der Waals surface area contributed by atoms with Crippen molar-refractivity contribution in [3.8, 4) is 0 Å². The SMILES string of the molecule is NC(c1ccncc1)(c1ccc2cnccc2c1)C1CCNCC1. The molecule has 3 aromatic rings. The third-order valence-corrected chi connectivity index (χ3v) is 5.26. The number of pyridine rings is 2. The van der Waals surface area contributed by atoms with Crippen LogP contribution in [0.3, 0.4) is 0 Å². The molecule has 3 heterocycles. The molecule has 0 amide bonds. The number of hydrogen-bond acceptors (Lipinski definition) is 4. The zero-order valence-corrected chi connectivity index (χ0v) is 13.7. The third-order valence-electron chi connectivity index (χ3n) is 5.26. The van der Waals surface area contributed by atoms with E-state index in [2.05, 4.69) is 45.6 Å². The molecule has 1 fully saturated rings. The Labute approximate surface area is 142 Å². The first-order valence-electron chi connectivity index (χ1n) is 8.53. The van der Waals surface area contributed by atoms with Gasteiger partial charge in [-0.1, -0.05) is 12.1 Å². The van der Waals surface area contributed by atoms with Crippen molar-refractivity contribution in [1.29, 1.82) is 0 Å². The van der Waals surface area contributed by atoms with E-state index in [-0.39, 0.29) is 0 Å². The van der Waals surface area contributed by atoms with Gasteiger partial charge in [-0.15, -0.1) is 0 Å². The average molecular weight is 318 g/mol. The first-order valence-corrected chi connectivity index (χ1v) is 8.53. The first-order chi connectivity index (χ1) is 11.8. The number of nitrogens with two attached hydrogens (primary N) is 1. The smallest absolute Gasteiger partial charge is 0.0696 e. The van der Waals surface area contributed by atoms with E-state index >= 15 is 0 Å². The van der Waals surface area contributed by atoms with Crippen molar-refractivity contribution in [2.45, 2.75) is 18.4 Å². The zero-order valence-electron chi connectivity index (χ0n) is 13.7. The maximum Gasteiger partial charge on any atom is 0.0696 e. The van der Waals surface area contributed by atoms with Crippen LogP contribution in [0.1, 0.15) is 24.0 Å². The molecule has 0 aliphatic carbocycles. The normalized spacial score (nSPS) is 18.4. The summed E-state index contributed by atoms with van der Waals surface area (Å²) in [4.78, 5) is 8.38. The highest BCUT2D eigenvalue weighted by molar-refractivity contribution is 5.82. The standard InChI is InChI=1S/C20H22N4/c21-20(17-4-9-22-10-5-17,18-6-11-23-12-7-18)19-2-1-16-14-24-8-3-15(16)13-19/h1-5,8-10,13-14,18,23H,6-7,11-12,21H2. The van der Waals surface area contributed by atoms with Crippen LogP contribution in [0.4, 0.5) is 0 Å². The van der Waals surface area contributed by atoms with Crippen LogP contribution in [0.25, 0.3) is 10.8 Å². The van der Waals surface area contributed by atoms with E-state index in [0.29, 0.717) is 5.92 Å². The zero-order chi connectivity index (χ0) is 16.4. The van der Waals surface area contributed by atoms with Gasteiger partial charge in [0.2, 0.25) is 0 Å². The number of rotatable bonds is 3. The maximum atomic E-state index is 7.14. The van der Waals surface area contributed by atoms with Gasteiger partial charge in [-0.2, -0.15) is 0 Å². The Morgan fingerprint density at radius 3 is 2.42 bits per heavy atom. The second kappa shape index (κ2) is 6.30. The molecule has 4 nitrogen and oxygen atoms in total. The molecule has 1 aromatic carbocycles. The van der Waals surface area contributed by atoms with E-state index in [1.807, 2.05) is 30.9 Å². The second-order valence-electron chi connectivity index (χ2n) is 6.57. The predicted octanol–water partition coefficient (Wildman–Crippen LogP) is 2.83. The van der Waals surface area contributed by atoms with Crippen LogP contribution in [0.15, 0.2) is 61.2 Å². The Kier molecular flexibility index (Phi) is 4.00. The van der Waals surface area contributed by atoms with Crippen LogP contribution in [-0.2, 0) is 5.54 Å². The Hall–Kier alpha value is -2.30. The van der Waals surface area contributed by atoms with Crippen LogP contribution in [0.5, 0.6) is 0 Å². The van der Waals surface area contributed by atoms with Gasteiger partial charge in [-0.3, -0.25) is 9.97 Å². The lowest BCUT2D eigenvalue weighted by molar-refractivity contribution is 0.254. The number of hydrogen-bond donors (Lipinski definition) is 2. The number of aromatic nitrogens is 2. The first kappa shape index (κ1) is 15.2. The van der Waals surface area contributed by atoms with E-state index in [9.17, 15) is 0 Å². The van der Waals surface area contributed by atoms with Gasteiger partial charge in [0.05, 0.1) is 5.54 Å². The molecule has 1 aliphatic rings. The van der Waals surface area contributed by atoms with Crippen LogP contribution >= 0.6 is 0 Å². The van der Waals surface area contributed by atoms with Gasteiger partial charge in [0.25, 0.3) is 0 Å². The predicted molar refractivity (Wildman–Crippen MR) is 96.5 cm³/mol. The van der Waals surface area contributed by atoms with Crippen LogP contribution < -0.4 is 11.1 Å². The molecule has 1 saturated heterocycles. The molecule has 24 heavy (non-hydrogen) atoms. The van der Waals surface area contributed by atoms with Gasteiger partial charge in [-0.25, -0.2) is 0 Å². The minimum atomic E-state index is -0.498. The summed E-state index contributed by atoms with van der Waals surface area (Å²) in [6, 6.07) is 12.7. The van der Waals surface area contributed by atoms with Gasteiger partial charge in [-0.05, 0) is 72.6 Å². The Morgan fingerprint density at radius 1 is 0.875 bits per heavy atom. The Balaban J connectivity index is 1.87. The molecule has 2 aromatic heterocycles. The minimum Gasteiger partial charge on any atom is -0.317 e. The van der Waals surface area contributed by atoms with Crippen molar-refractivity contribution < 1.29 is 0 Å². The number of nitrogens with one attached hydrogen (secondary N) is 1. The van der Waals surface area contributed by atoms with Gasteiger partial charge >= 0.3 is 0 Å². The van der Waals surface area contributed by atoms with E-state index < -0.39 is 5.54 Å². The summed E-state index contributed by atoms with van der Waals surface area (Å²) in [5.74, 6) is 0.403. The number of benzene rings is 1. The Morgan fingerprint density at radius 2 is 1.62 bits per heavy atom. The molecule has 0 saturated carbocycles. The van der Waals surface area contributed by atoms with E-state index in [1.165, 1.54) is 10.9 Å². The third kappa shape index (κ3) is 2.58. The van der Waals surface area contributed by atoms with Gasteiger partial charge < -0.3 is 11.1 Å². The van der Waals surface area contributed by atoms with Crippen molar-refractivity contribution in [3.63, 3.8) is 0 Å². The van der Waals surface area contributed by atoms with E-state index in [0.717, 1.165) is 36.9 Å². The summed E-state index contributed by atoms with van der Waals surface area (Å²) in [6.45, 7) is 2.04. The fourth-order valence-electron chi connectivity index (χ4n) is 3.88. The highest BCUT2D eigenvalue weighted by atomic mass is 14.9. The summed E-state index contributed by atoms with van der Waals surface area (Å²) in [5, 5.41) is 5.77. The molecule has 0 bridgehead atoms. The van der Waals surface area contributed by atoms with E-state index in [4.69, 9.17) is 5.73 Å². The summed E-state index contributed by atoms with van der Waals surface area (Å²) in [5.41, 5.74) is 8.94. The van der Waals surface area contributed by atoms with Crippen molar-refractivity contribution in [2.24, 2.45) is 11.7 Å². The maximum absolute atomic E-state index is 7.14. The lowest BCUT2D eigenvalue weighted by Gasteiger charge is -2.41. The molecule has 0 spiro atoms. The minimum absolute atomic E-state index is 0.403. The molecule has 1 aliphatic heterocycles. The molecular formula is C20H22N4. The lowest BCUT2D eigenvalue weighted by atomic mass is 9.70. The van der Waals surface area contributed by atoms with Crippen LogP contribution in [-0.4, -0.2) is 23.1 Å². The largest absolute Gasteiger partial charge is 0.317 e. The van der Waals surface area contributed by atoms with Crippen LogP contribution in [0, 0.1) is 5.92 Å². The van der Waals surface area contributed by atoms with Gasteiger partial charge in [0, 0.05) is 30.2 Å². The highest BCUT2D eigenvalue weighted by Crippen LogP contribution is 2.39. The summed E-state index contributed by atoms with van der Waals surface area (Å²) >= 11 is 0. The van der Waals surface area contributed by atoms with Gasteiger partial charge in [0.15, 0.2) is 0 Å². The summed E-state index contributed by atoms with van der Waals surface area (Å²) < 4.78 is 0. The highest BCUT2D eigenvalue weighted by Gasteiger charge is 2.39. The molecule has 0 radical (unpaired) electrons. The van der Waals surface area contributed by atoms with Crippen LogP contribution in [0.2, 0.25) is 0 Å². The molecule has 1 unspecified atom stereocenters. The van der Waals surface area contributed by atoms with Crippen molar-refractivity contribution in [3.05, 3.63) is 72.3 Å². The fraction of sp³-hybridized carbons (Fsp3) is 0.300. The fourth-order valence-corrected chi connectivity index (χ4v) is 3.88. The number of fused-ring (bicyclic) bond motifs is 1. The number of nitrogens with zero attached hydrogens (tertiary/aromatic N) is 2. The molecular weight excluding hydrogens is 296 g/mol. The second-order valence-corrected chi connectivity index (χ2v) is 6.57. The Bertz CT molecular complexity index is 827. The molecule has 4 heteroatoms. The molecule has 1 atom stereocenters. The molecule has 3 N–H and O–H groups in total. The van der Waals surface area contributed by atoms with E-state index in [1.54, 1.807) is 0 Å². The van der Waals surface area contributed by atoms with Crippen molar-refractivity contribution in [1.82, 2.24) is 15.3 Å². The average Bonchev–Trinajstić information content (AvgIpc) is 2.68. The van der Waals surface area contributed by atoms with Crippen molar-refractivity contribution in [2.75, 3.05) is 13.1 Å². The molecule has 122 valence electrons. The summed E-state index contributed by atoms with van der Waals surface area (Å²) in [6.07, 6.45) is 9.56. The molecule has 4 rings (SSSR count).